The fourth-order valence-corrected chi connectivity index (χ4v) is 2.43. The summed E-state index contributed by atoms with van der Waals surface area (Å²) in [7, 11) is 1.83. The number of hydrogen-bond donors (Lipinski definition) is 2. The molecule has 0 radical (unpaired) electrons. The predicted octanol–water partition coefficient (Wildman–Crippen LogP) is -0.205. The molecule has 0 aliphatic carbocycles. The molecular formula is C13H19N3O4. The Hall–Kier alpha value is -1.89. The maximum absolute atomic E-state index is 12.1. The highest BCUT2D eigenvalue weighted by Crippen LogP contribution is 2.16. The van der Waals surface area contributed by atoms with Gasteiger partial charge in [-0.25, -0.2) is 0 Å². The van der Waals surface area contributed by atoms with Gasteiger partial charge in [-0.1, -0.05) is 0 Å². The Balaban J connectivity index is 2.01. The largest absolute Gasteiger partial charge is 0.481 e. The molecule has 0 aromatic carbocycles. The minimum absolute atomic E-state index is 0.144. The number of nitrogens with one attached hydrogen (secondary N) is 1. The third-order valence-corrected chi connectivity index (χ3v) is 3.74. The fourth-order valence-electron chi connectivity index (χ4n) is 2.43. The maximum atomic E-state index is 12.1. The number of rotatable bonds is 4. The first kappa shape index (κ1) is 14.5. The summed E-state index contributed by atoms with van der Waals surface area (Å²) in [4.78, 5) is 23.1. The zero-order valence-electron chi connectivity index (χ0n) is 11.8. The number of carbonyl (C=O) groups excluding carboxylic acids is 1. The van der Waals surface area contributed by atoms with E-state index in [1.807, 2.05) is 20.9 Å². The van der Waals surface area contributed by atoms with Crippen LogP contribution < -0.4 is 5.32 Å². The van der Waals surface area contributed by atoms with Gasteiger partial charge in [-0.05, 0) is 13.8 Å². The molecule has 1 amide bonds. The van der Waals surface area contributed by atoms with Crippen molar-refractivity contribution in [2.24, 2.45) is 13.0 Å². The number of aromatic nitrogens is 2. The molecule has 1 fully saturated rings. The van der Waals surface area contributed by atoms with Crippen LogP contribution >= 0.6 is 0 Å². The van der Waals surface area contributed by atoms with Gasteiger partial charge in [0.2, 0.25) is 5.91 Å². The number of aliphatic carboxylic acids is 1. The summed E-state index contributed by atoms with van der Waals surface area (Å²) in [5, 5.41) is 16.0. The molecule has 7 heteroatoms. The molecule has 0 bridgehead atoms. The van der Waals surface area contributed by atoms with Crippen molar-refractivity contribution in [1.82, 2.24) is 15.1 Å². The number of carboxylic acids is 1. The quantitative estimate of drug-likeness (QED) is 0.797. The molecule has 0 spiro atoms. The standard InChI is InChI=1S/C13H19N3O4/c1-7-9(8(2)16(3)15-7)4-12(17)14-11-6-20-5-10(11)13(18)19/h10-11H,4-6H2,1-3H3,(H,14,17)(H,18,19). The highest BCUT2D eigenvalue weighted by Gasteiger charge is 2.35. The van der Waals surface area contributed by atoms with E-state index in [4.69, 9.17) is 9.84 Å². The average Bonchev–Trinajstić information content (AvgIpc) is 2.90. The summed E-state index contributed by atoms with van der Waals surface area (Å²) < 4.78 is 6.85. The van der Waals surface area contributed by atoms with E-state index in [1.54, 1.807) is 4.68 Å². The van der Waals surface area contributed by atoms with Crippen LogP contribution in [-0.4, -0.2) is 46.0 Å². The first-order chi connectivity index (χ1) is 9.40. The lowest BCUT2D eigenvalue weighted by Crippen LogP contribution is -2.43. The van der Waals surface area contributed by atoms with Gasteiger partial charge < -0.3 is 15.2 Å². The molecule has 20 heavy (non-hydrogen) atoms. The van der Waals surface area contributed by atoms with Crippen LogP contribution in [-0.2, 0) is 27.8 Å². The van der Waals surface area contributed by atoms with E-state index in [0.717, 1.165) is 17.0 Å². The molecule has 2 unspecified atom stereocenters. The predicted molar refractivity (Wildman–Crippen MR) is 70.3 cm³/mol. The van der Waals surface area contributed by atoms with E-state index in [1.165, 1.54) is 0 Å². The molecular weight excluding hydrogens is 262 g/mol. The summed E-state index contributed by atoms with van der Waals surface area (Å²) in [5.41, 5.74) is 2.64. The molecule has 7 nitrogen and oxygen atoms in total. The Labute approximate surface area is 116 Å². The molecule has 2 rings (SSSR count). The summed E-state index contributed by atoms with van der Waals surface area (Å²) in [6, 6.07) is -0.461. The van der Waals surface area contributed by atoms with Crippen molar-refractivity contribution in [2.75, 3.05) is 13.2 Å². The van der Waals surface area contributed by atoms with Crippen molar-refractivity contribution >= 4 is 11.9 Å². The summed E-state index contributed by atoms with van der Waals surface area (Å²) in [6.07, 6.45) is 0.203. The zero-order valence-corrected chi connectivity index (χ0v) is 11.8. The van der Waals surface area contributed by atoms with Crippen molar-refractivity contribution < 1.29 is 19.4 Å². The van der Waals surface area contributed by atoms with E-state index < -0.39 is 17.9 Å². The Morgan fingerprint density at radius 3 is 2.70 bits per heavy atom. The molecule has 2 heterocycles. The molecule has 2 atom stereocenters. The van der Waals surface area contributed by atoms with Gasteiger partial charge in [0.05, 0.1) is 31.4 Å². The lowest BCUT2D eigenvalue weighted by atomic mass is 10.0. The van der Waals surface area contributed by atoms with Gasteiger partial charge in [0, 0.05) is 18.3 Å². The average molecular weight is 281 g/mol. The normalized spacial score (nSPS) is 21.9. The molecule has 2 N–H and O–H groups in total. The van der Waals surface area contributed by atoms with Gasteiger partial charge in [-0.15, -0.1) is 0 Å². The fraction of sp³-hybridized carbons (Fsp3) is 0.615. The highest BCUT2D eigenvalue weighted by atomic mass is 16.5. The van der Waals surface area contributed by atoms with Crippen LogP contribution in [0.5, 0.6) is 0 Å². The van der Waals surface area contributed by atoms with Crippen LogP contribution in [0.2, 0.25) is 0 Å². The van der Waals surface area contributed by atoms with Crippen molar-refractivity contribution in [2.45, 2.75) is 26.3 Å². The van der Waals surface area contributed by atoms with Crippen LogP contribution in [0.1, 0.15) is 17.0 Å². The van der Waals surface area contributed by atoms with E-state index in [0.29, 0.717) is 0 Å². The van der Waals surface area contributed by atoms with Crippen molar-refractivity contribution in [3.05, 3.63) is 17.0 Å². The van der Waals surface area contributed by atoms with Crippen molar-refractivity contribution in [3.63, 3.8) is 0 Å². The SMILES string of the molecule is Cc1nn(C)c(C)c1CC(=O)NC1COCC1C(=O)O. The number of carbonyl (C=O) groups is 2. The van der Waals surface area contributed by atoms with Gasteiger partial charge in [0.15, 0.2) is 0 Å². The van der Waals surface area contributed by atoms with Crippen LogP contribution in [0, 0.1) is 19.8 Å². The number of aryl methyl sites for hydroxylation is 2. The topological polar surface area (TPSA) is 93.5 Å². The lowest BCUT2D eigenvalue weighted by Gasteiger charge is -2.15. The maximum Gasteiger partial charge on any atom is 0.311 e. The Morgan fingerprint density at radius 1 is 1.45 bits per heavy atom. The number of nitrogens with zero attached hydrogens (tertiary/aromatic N) is 2. The Kier molecular flexibility index (Phi) is 4.08. The minimum atomic E-state index is -0.943. The molecule has 1 saturated heterocycles. The number of hydrogen-bond acceptors (Lipinski definition) is 4. The second kappa shape index (κ2) is 5.62. The molecule has 1 aliphatic heterocycles. The van der Waals surface area contributed by atoms with Gasteiger partial charge in [-0.2, -0.15) is 5.10 Å². The van der Waals surface area contributed by atoms with E-state index in [9.17, 15) is 9.59 Å². The summed E-state index contributed by atoms with van der Waals surface area (Å²) in [5.74, 6) is -1.82. The first-order valence-electron chi connectivity index (χ1n) is 6.49. The summed E-state index contributed by atoms with van der Waals surface area (Å²) in [6.45, 7) is 4.15. The summed E-state index contributed by atoms with van der Waals surface area (Å²) >= 11 is 0. The van der Waals surface area contributed by atoms with Gasteiger partial charge >= 0.3 is 5.97 Å². The highest BCUT2D eigenvalue weighted by molar-refractivity contribution is 5.80. The number of ether oxygens (including phenoxy) is 1. The minimum Gasteiger partial charge on any atom is -0.481 e. The second-order valence-corrected chi connectivity index (χ2v) is 5.11. The van der Waals surface area contributed by atoms with Crippen molar-refractivity contribution in [3.8, 4) is 0 Å². The van der Waals surface area contributed by atoms with Crippen LogP contribution in [0.15, 0.2) is 0 Å². The Bertz CT molecular complexity index is 538. The third kappa shape index (κ3) is 2.82. The van der Waals surface area contributed by atoms with Crippen molar-refractivity contribution in [1.29, 1.82) is 0 Å². The van der Waals surface area contributed by atoms with Crippen LogP contribution in [0.3, 0.4) is 0 Å². The number of carboxylic acid groups (broad SMARTS) is 1. The van der Waals surface area contributed by atoms with Gasteiger partial charge in [-0.3, -0.25) is 14.3 Å². The molecule has 1 aliphatic rings. The molecule has 1 aromatic rings. The zero-order chi connectivity index (χ0) is 14.9. The van der Waals surface area contributed by atoms with E-state index in [2.05, 4.69) is 10.4 Å². The van der Waals surface area contributed by atoms with Crippen LogP contribution in [0.25, 0.3) is 0 Å². The monoisotopic (exact) mass is 281 g/mol. The van der Waals surface area contributed by atoms with E-state index in [-0.39, 0.29) is 25.5 Å². The smallest absolute Gasteiger partial charge is 0.311 e. The first-order valence-corrected chi connectivity index (χ1v) is 6.49. The molecule has 1 aromatic heterocycles. The van der Waals surface area contributed by atoms with E-state index >= 15 is 0 Å². The van der Waals surface area contributed by atoms with Gasteiger partial charge in [0.25, 0.3) is 0 Å². The molecule has 0 saturated carbocycles. The molecule has 110 valence electrons. The third-order valence-electron chi connectivity index (χ3n) is 3.74. The van der Waals surface area contributed by atoms with Crippen LogP contribution in [0.4, 0.5) is 0 Å². The Morgan fingerprint density at radius 2 is 2.15 bits per heavy atom. The second-order valence-electron chi connectivity index (χ2n) is 5.11. The lowest BCUT2D eigenvalue weighted by molar-refractivity contribution is -0.142. The van der Waals surface area contributed by atoms with Gasteiger partial charge in [0.1, 0.15) is 5.92 Å². The number of amides is 1.